The summed E-state index contributed by atoms with van der Waals surface area (Å²) in [5, 5.41) is 0.124. The maximum Gasteiger partial charge on any atom is 0.178 e. The molecule has 2 nitrogen and oxygen atoms in total. The molecule has 1 atom stereocenters. The molecule has 0 amide bonds. The van der Waals surface area contributed by atoms with E-state index in [0.29, 0.717) is 16.2 Å². The first-order chi connectivity index (χ1) is 10.1. The molecule has 0 bridgehead atoms. The minimum atomic E-state index is -0.429. The van der Waals surface area contributed by atoms with Crippen molar-refractivity contribution in [3.63, 3.8) is 0 Å². The third-order valence-corrected chi connectivity index (χ3v) is 4.79. The van der Waals surface area contributed by atoms with Gasteiger partial charge in [-0.1, -0.05) is 35.9 Å². The number of imidazole rings is 1. The first-order valence-electron chi connectivity index (χ1n) is 6.79. The molecular weight excluding hydrogens is 307 g/mol. The molecule has 0 radical (unpaired) electrons. The van der Waals surface area contributed by atoms with E-state index in [2.05, 4.69) is 29.2 Å². The van der Waals surface area contributed by atoms with Gasteiger partial charge in [-0.25, -0.2) is 4.39 Å². The first kappa shape index (κ1) is 13.0. The number of aromatic amines is 1. The zero-order valence-corrected chi connectivity index (χ0v) is 12.6. The van der Waals surface area contributed by atoms with Crippen LogP contribution in [0.1, 0.15) is 17.0 Å². The molecule has 1 aromatic heterocycles. The van der Waals surface area contributed by atoms with Crippen molar-refractivity contribution in [2.24, 2.45) is 0 Å². The van der Waals surface area contributed by atoms with Crippen molar-refractivity contribution in [3.05, 3.63) is 63.1 Å². The summed E-state index contributed by atoms with van der Waals surface area (Å²) in [7, 11) is 0. The summed E-state index contributed by atoms with van der Waals surface area (Å²) in [5.41, 5.74) is 4.32. The minimum absolute atomic E-state index is 0.124. The number of nitrogens with one attached hydrogen (secondary N) is 1. The van der Waals surface area contributed by atoms with Crippen LogP contribution < -0.4 is 0 Å². The molecule has 1 aliphatic rings. The summed E-state index contributed by atoms with van der Waals surface area (Å²) in [6.45, 7) is 0.789. The quantitative estimate of drug-likeness (QED) is 0.671. The monoisotopic (exact) mass is 318 g/mol. The largest absolute Gasteiger partial charge is 0.330 e. The van der Waals surface area contributed by atoms with Crippen LogP contribution in [0.15, 0.2) is 36.4 Å². The van der Waals surface area contributed by atoms with Crippen molar-refractivity contribution in [1.82, 2.24) is 9.55 Å². The van der Waals surface area contributed by atoms with E-state index in [1.54, 1.807) is 6.07 Å². The Morgan fingerprint density at radius 1 is 1.33 bits per heavy atom. The Kier molecular flexibility index (Phi) is 2.91. The topological polar surface area (TPSA) is 20.7 Å². The number of benzene rings is 2. The van der Waals surface area contributed by atoms with Crippen LogP contribution in [0.25, 0.3) is 11.0 Å². The SMILES string of the molecule is Fc1cc2[nH]c(=S)n(CC3Cc4ccccc43)c2cc1Cl. The van der Waals surface area contributed by atoms with Gasteiger partial charge in [0.1, 0.15) is 5.82 Å². The number of aromatic nitrogens is 2. The van der Waals surface area contributed by atoms with E-state index < -0.39 is 5.82 Å². The third-order valence-electron chi connectivity index (χ3n) is 4.18. The fraction of sp³-hybridized carbons (Fsp3) is 0.188. The van der Waals surface area contributed by atoms with E-state index in [9.17, 15) is 4.39 Å². The maximum atomic E-state index is 13.5. The standard InChI is InChI=1S/C16H12ClFN2S/c17-12-6-15-14(7-13(12)18)19-16(21)20(15)8-10-5-9-3-1-2-4-11(9)10/h1-4,6-7,10H,5,8H2,(H,19,21). The van der Waals surface area contributed by atoms with E-state index in [1.807, 2.05) is 4.57 Å². The lowest BCUT2D eigenvalue weighted by atomic mass is 9.77. The number of hydrogen-bond donors (Lipinski definition) is 1. The zero-order chi connectivity index (χ0) is 14.6. The van der Waals surface area contributed by atoms with Crippen molar-refractivity contribution in [3.8, 4) is 0 Å². The van der Waals surface area contributed by atoms with Gasteiger partial charge in [0.25, 0.3) is 0 Å². The highest BCUT2D eigenvalue weighted by molar-refractivity contribution is 7.71. The molecule has 0 saturated heterocycles. The van der Waals surface area contributed by atoms with E-state index in [0.717, 1.165) is 18.5 Å². The van der Waals surface area contributed by atoms with E-state index in [4.69, 9.17) is 23.8 Å². The fourth-order valence-electron chi connectivity index (χ4n) is 3.08. The Morgan fingerprint density at radius 2 is 2.14 bits per heavy atom. The van der Waals surface area contributed by atoms with Gasteiger partial charge in [-0.05, 0) is 35.8 Å². The average molecular weight is 319 g/mol. The molecular formula is C16H12ClFN2S. The first-order valence-corrected chi connectivity index (χ1v) is 7.57. The Balaban J connectivity index is 1.77. The van der Waals surface area contributed by atoms with E-state index in [1.165, 1.54) is 17.2 Å². The Bertz CT molecular complexity index is 912. The Morgan fingerprint density at radius 3 is 2.95 bits per heavy atom. The summed E-state index contributed by atoms with van der Waals surface area (Å²) in [5.74, 6) is 0.0253. The lowest BCUT2D eigenvalue weighted by molar-refractivity contribution is 0.513. The Hall–Kier alpha value is -1.65. The molecule has 0 aliphatic heterocycles. The van der Waals surface area contributed by atoms with Gasteiger partial charge >= 0.3 is 0 Å². The minimum Gasteiger partial charge on any atom is -0.330 e. The maximum absolute atomic E-state index is 13.5. The van der Waals surface area contributed by atoms with Crippen molar-refractivity contribution in [1.29, 1.82) is 0 Å². The van der Waals surface area contributed by atoms with Gasteiger partial charge < -0.3 is 9.55 Å². The summed E-state index contributed by atoms with van der Waals surface area (Å²) >= 11 is 11.3. The second kappa shape index (κ2) is 4.68. The van der Waals surface area contributed by atoms with Crippen LogP contribution in [0.5, 0.6) is 0 Å². The summed E-state index contributed by atoms with van der Waals surface area (Å²) in [6, 6.07) is 11.5. The van der Waals surface area contributed by atoms with Gasteiger partial charge in [-0.3, -0.25) is 0 Å². The predicted molar refractivity (Wildman–Crippen MR) is 85.0 cm³/mol. The van der Waals surface area contributed by atoms with Crippen molar-refractivity contribution in [2.45, 2.75) is 18.9 Å². The number of nitrogens with zero attached hydrogens (tertiary/aromatic N) is 1. The second-order valence-corrected chi connectivity index (χ2v) is 6.22. The number of fused-ring (bicyclic) bond motifs is 2. The molecule has 1 heterocycles. The van der Waals surface area contributed by atoms with Crippen LogP contribution in [0.2, 0.25) is 5.02 Å². The van der Waals surface area contributed by atoms with E-state index >= 15 is 0 Å². The van der Waals surface area contributed by atoms with E-state index in [-0.39, 0.29) is 5.02 Å². The smallest absolute Gasteiger partial charge is 0.178 e. The molecule has 0 saturated carbocycles. The highest BCUT2D eigenvalue weighted by atomic mass is 35.5. The summed E-state index contributed by atoms with van der Waals surface area (Å²) in [6.07, 6.45) is 1.06. The van der Waals surface area contributed by atoms with Gasteiger partial charge in [0.05, 0.1) is 16.1 Å². The fourth-order valence-corrected chi connectivity index (χ4v) is 3.52. The van der Waals surface area contributed by atoms with Crippen LogP contribution in [-0.4, -0.2) is 9.55 Å². The molecule has 21 heavy (non-hydrogen) atoms. The average Bonchev–Trinajstić information content (AvgIpc) is 2.72. The lowest BCUT2D eigenvalue weighted by Gasteiger charge is -2.30. The van der Waals surface area contributed by atoms with Crippen molar-refractivity contribution in [2.75, 3.05) is 0 Å². The normalized spacial score (nSPS) is 16.8. The highest BCUT2D eigenvalue weighted by Gasteiger charge is 2.26. The van der Waals surface area contributed by atoms with Crippen LogP contribution >= 0.6 is 23.8 Å². The molecule has 1 N–H and O–H groups in total. The number of halogens is 2. The zero-order valence-electron chi connectivity index (χ0n) is 11.1. The Labute approximate surface area is 131 Å². The molecule has 1 aliphatic carbocycles. The molecule has 0 spiro atoms. The molecule has 106 valence electrons. The highest BCUT2D eigenvalue weighted by Crippen LogP contribution is 2.37. The molecule has 0 fully saturated rings. The molecule has 4 rings (SSSR count). The molecule has 3 aromatic rings. The predicted octanol–water partition coefficient (Wildman–Crippen LogP) is 4.83. The van der Waals surface area contributed by atoms with Crippen LogP contribution in [0, 0.1) is 10.6 Å². The number of hydrogen-bond acceptors (Lipinski definition) is 1. The molecule has 1 unspecified atom stereocenters. The van der Waals surface area contributed by atoms with Gasteiger partial charge in [0.2, 0.25) is 0 Å². The van der Waals surface area contributed by atoms with Crippen molar-refractivity contribution >= 4 is 34.9 Å². The van der Waals surface area contributed by atoms with Gasteiger partial charge in [0.15, 0.2) is 4.77 Å². The van der Waals surface area contributed by atoms with Gasteiger partial charge in [-0.2, -0.15) is 0 Å². The van der Waals surface area contributed by atoms with Gasteiger partial charge in [0, 0.05) is 18.5 Å². The van der Waals surface area contributed by atoms with Crippen LogP contribution in [-0.2, 0) is 13.0 Å². The molecule has 5 heteroatoms. The number of rotatable bonds is 2. The van der Waals surface area contributed by atoms with Crippen molar-refractivity contribution < 1.29 is 4.39 Å². The van der Waals surface area contributed by atoms with Gasteiger partial charge in [-0.15, -0.1) is 0 Å². The van der Waals surface area contributed by atoms with Crippen LogP contribution in [0.4, 0.5) is 4.39 Å². The lowest BCUT2D eigenvalue weighted by Crippen LogP contribution is -2.21. The third kappa shape index (κ3) is 2.01. The molecule has 2 aromatic carbocycles. The summed E-state index contributed by atoms with van der Waals surface area (Å²) in [4.78, 5) is 3.05. The summed E-state index contributed by atoms with van der Waals surface area (Å²) < 4.78 is 16.1. The van der Waals surface area contributed by atoms with Crippen LogP contribution in [0.3, 0.4) is 0 Å². The number of H-pyrrole nitrogens is 1. The second-order valence-electron chi connectivity index (χ2n) is 5.42.